The van der Waals surface area contributed by atoms with Gasteiger partial charge in [0.1, 0.15) is 0 Å². The Labute approximate surface area is 136 Å². The summed E-state index contributed by atoms with van der Waals surface area (Å²) in [5.41, 5.74) is 6.37. The number of likely N-dealkylation sites (N-methyl/N-ethyl adjacent to an activating group) is 1. The zero-order chi connectivity index (χ0) is 14.6. The van der Waals surface area contributed by atoms with Gasteiger partial charge < -0.3 is 10.6 Å². The van der Waals surface area contributed by atoms with Crippen LogP contribution in [0.3, 0.4) is 0 Å². The van der Waals surface area contributed by atoms with Crippen LogP contribution in [0.1, 0.15) is 19.4 Å². The molecule has 0 saturated carbocycles. The first kappa shape index (κ1) is 19.5. The molecule has 20 heavy (non-hydrogen) atoms. The minimum absolute atomic E-state index is 0. The minimum atomic E-state index is -0.0891. The van der Waals surface area contributed by atoms with Gasteiger partial charge in [0.15, 0.2) is 0 Å². The van der Waals surface area contributed by atoms with E-state index in [1.807, 2.05) is 13.8 Å². The number of nitrogens with two attached hydrogens (primary N) is 1. The van der Waals surface area contributed by atoms with Crippen molar-refractivity contribution in [1.29, 1.82) is 0 Å². The van der Waals surface area contributed by atoms with Crippen molar-refractivity contribution in [3.8, 4) is 0 Å². The quantitative estimate of drug-likeness (QED) is 0.893. The van der Waals surface area contributed by atoms with Crippen LogP contribution < -0.4 is 5.73 Å². The van der Waals surface area contributed by atoms with E-state index in [-0.39, 0.29) is 30.2 Å². The Morgan fingerprint density at radius 1 is 1.35 bits per heavy atom. The van der Waals surface area contributed by atoms with Gasteiger partial charge in [-0.25, -0.2) is 0 Å². The largest absolute Gasteiger partial charge is 0.345 e. The van der Waals surface area contributed by atoms with E-state index in [0.29, 0.717) is 23.1 Å². The third-order valence-electron chi connectivity index (χ3n) is 3.00. The van der Waals surface area contributed by atoms with E-state index in [9.17, 15) is 4.79 Å². The smallest absolute Gasteiger partial charge is 0.226 e. The summed E-state index contributed by atoms with van der Waals surface area (Å²) in [6, 6.07) is 5.17. The number of rotatable bonds is 5. The number of hydrogen-bond acceptors (Lipinski definition) is 2. The summed E-state index contributed by atoms with van der Waals surface area (Å²) < 4.78 is 0. The summed E-state index contributed by atoms with van der Waals surface area (Å²) >= 11 is 11.9. The Morgan fingerprint density at radius 2 is 1.95 bits per heavy atom. The van der Waals surface area contributed by atoms with Crippen LogP contribution in [0.2, 0.25) is 10.0 Å². The molecule has 0 aliphatic carbocycles. The Hall–Kier alpha value is -0.480. The number of benzene rings is 1. The molecule has 0 spiro atoms. The van der Waals surface area contributed by atoms with Crippen molar-refractivity contribution in [2.45, 2.75) is 20.3 Å². The molecule has 1 aromatic carbocycles. The van der Waals surface area contributed by atoms with Crippen molar-refractivity contribution in [3.63, 3.8) is 0 Å². The summed E-state index contributed by atoms with van der Waals surface area (Å²) in [6.07, 6.45) is 0.271. The number of carbonyl (C=O) groups excluding carboxylic acids is 1. The Morgan fingerprint density at radius 3 is 2.45 bits per heavy atom. The molecule has 0 aliphatic rings. The standard InChI is InChI=1S/C14H20Cl2N2O.ClH/c1-14(2,8-17)9-18(3)13(19)6-10-4-5-11(15)7-12(10)16;/h4-5,7H,6,8-9,17H2,1-3H3;1H. The van der Waals surface area contributed by atoms with Gasteiger partial charge in [-0.3, -0.25) is 4.79 Å². The SMILES string of the molecule is CN(CC(C)(C)CN)C(=O)Cc1ccc(Cl)cc1Cl.Cl. The van der Waals surface area contributed by atoms with E-state index < -0.39 is 0 Å². The van der Waals surface area contributed by atoms with Crippen LogP contribution in [0.15, 0.2) is 18.2 Å². The highest BCUT2D eigenvalue weighted by atomic mass is 35.5. The molecule has 0 unspecified atom stereocenters. The number of halogens is 3. The van der Waals surface area contributed by atoms with Crippen molar-refractivity contribution in [3.05, 3.63) is 33.8 Å². The topological polar surface area (TPSA) is 46.3 Å². The maximum atomic E-state index is 12.1. The van der Waals surface area contributed by atoms with Crippen LogP contribution in [0.4, 0.5) is 0 Å². The van der Waals surface area contributed by atoms with Crippen molar-refractivity contribution >= 4 is 41.5 Å². The summed E-state index contributed by atoms with van der Waals surface area (Å²) in [5, 5.41) is 1.09. The second-order valence-corrected chi connectivity index (χ2v) is 6.37. The molecular formula is C14H21Cl3N2O. The van der Waals surface area contributed by atoms with E-state index in [4.69, 9.17) is 28.9 Å². The van der Waals surface area contributed by atoms with E-state index in [1.54, 1.807) is 30.1 Å². The highest BCUT2D eigenvalue weighted by Crippen LogP contribution is 2.22. The first-order chi connectivity index (χ1) is 8.75. The summed E-state index contributed by atoms with van der Waals surface area (Å²) in [4.78, 5) is 13.8. The number of carbonyl (C=O) groups is 1. The van der Waals surface area contributed by atoms with Crippen molar-refractivity contribution < 1.29 is 4.79 Å². The second-order valence-electron chi connectivity index (χ2n) is 5.53. The van der Waals surface area contributed by atoms with Crippen LogP contribution >= 0.6 is 35.6 Å². The fourth-order valence-corrected chi connectivity index (χ4v) is 2.23. The monoisotopic (exact) mass is 338 g/mol. The van der Waals surface area contributed by atoms with Gasteiger partial charge in [-0.1, -0.05) is 43.1 Å². The van der Waals surface area contributed by atoms with Gasteiger partial charge in [0.25, 0.3) is 0 Å². The van der Waals surface area contributed by atoms with Crippen molar-refractivity contribution in [1.82, 2.24) is 4.90 Å². The van der Waals surface area contributed by atoms with Crippen LogP contribution in [-0.2, 0) is 11.2 Å². The zero-order valence-electron chi connectivity index (χ0n) is 12.0. The third kappa shape index (κ3) is 5.88. The summed E-state index contributed by atoms with van der Waals surface area (Å²) in [7, 11) is 1.78. The fourth-order valence-electron chi connectivity index (χ4n) is 1.76. The van der Waals surface area contributed by atoms with Crippen LogP contribution in [0.25, 0.3) is 0 Å². The predicted octanol–water partition coefficient (Wildman–Crippen LogP) is 3.40. The first-order valence-corrected chi connectivity index (χ1v) is 6.89. The normalized spacial score (nSPS) is 10.9. The highest BCUT2D eigenvalue weighted by Gasteiger charge is 2.21. The molecule has 1 aromatic rings. The Kier molecular flexibility index (Phi) is 7.89. The number of amides is 1. The number of hydrogen-bond donors (Lipinski definition) is 1. The molecule has 6 heteroatoms. The lowest BCUT2D eigenvalue weighted by atomic mass is 9.93. The molecule has 0 aromatic heterocycles. The molecule has 2 N–H and O–H groups in total. The van der Waals surface area contributed by atoms with Gasteiger partial charge >= 0.3 is 0 Å². The lowest BCUT2D eigenvalue weighted by molar-refractivity contribution is -0.130. The molecule has 0 atom stereocenters. The van der Waals surface area contributed by atoms with Crippen LogP contribution in [0, 0.1) is 5.41 Å². The molecular weight excluding hydrogens is 319 g/mol. The predicted molar refractivity (Wildman–Crippen MR) is 87.9 cm³/mol. The molecule has 0 aliphatic heterocycles. The average Bonchev–Trinajstić information content (AvgIpc) is 2.32. The molecule has 0 heterocycles. The van der Waals surface area contributed by atoms with E-state index in [1.165, 1.54) is 0 Å². The summed E-state index contributed by atoms with van der Waals surface area (Å²) in [6.45, 7) is 5.22. The van der Waals surface area contributed by atoms with Gasteiger partial charge in [-0.15, -0.1) is 12.4 Å². The Balaban J connectivity index is 0.00000361. The maximum Gasteiger partial charge on any atom is 0.226 e. The Bertz CT molecular complexity index is 464. The van der Waals surface area contributed by atoms with E-state index in [0.717, 1.165) is 5.56 Å². The van der Waals surface area contributed by atoms with Gasteiger partial charge in [-0.05, 0) is 29.7 Å². The third-order valence-corrected chi connectivity index (χ3v) is 3.59. The molecule has 3 nitrogen and oxygen atoms in total. The van der Waals surface area contributed by atoms with Gasteiger partial charge in [0.05, 0.1) is 6.42 Å². The van der Waals surface area contributed by atoms with Crippen molar-refractivity contribution in [2.24, 2.45) is 11.1 Å². The first-order valence-electron chi connectivity index (χ1n) is 6.13. The molecule has 1 rings (SSSR count). The van der Waals surface area contributed by atoms with E-state index in [2.05, 4.69) is 0 Å². The van der Waals surface area contributed by atoms with Crippen LogP contribution in [-0.4, -0.2) is 30.9 Å². The molecule has 0 bridgehead atoms. The molecule has 0 fully saturated rings. The molecule has 114 valence electrons. The minimum Gasteiger partial charge on any atom is -0.345 e. The lowest BCUT2D eigenvalue weighted by Crippen LogP contribution is -2.40. The number of nitrogens with zero attached hydrogens (tertiary/aromatic N) is 1. The van der Waals surface area contributed by atoms with Crippen LogP contribution in [0.5, 0.6) is 0 Å². The zero-order valence-corrected chi connectivity index (χ0v) is 14.3. The maximum absolute atomic E-state index is 12.1. The van der Waals surface area contributed by atoms with E-state index >= 15 is 0 Å². The lowest BCUT2D eigenvalue weighted by Gasteiger charge is -2.29. The highest BCUT2D eigenvalue weighted by molar-refractivity contribution is 6.35. The van der Waals surface area contributed by atoms with Gasteiger partial charge in [-0.2, -0.15) is 0 Å². The second kappa shape index (κ2) is 8.08. The average molecular weight is 340 g/mol. The summed E-state index contributed by atoms with van der Waals surface area (Å²) in [5.74, 6) is 0.0192. The molecule has 1 amide bonds. The fraction of sp³-hybridized carbons (Fsp3) is 0.500. The van der Waals surface area contributed by atoms with Gasteiger partial charge in [0, 0.05) is 23.6 Å². The molecule has 0 radical (unpaired) electrons. The molecule has 0 saturated heterocycles. The van der Waals surface area contributed by atoms with Gasteiger partial charge in [0.2, 0.25) is 5.91 Å². The van der Waals surface area contributed by atoms with Crippen molar-refractivity contribution in [2.75, 3.05) is 20.1 Å².